The number of benzene rings is 2. The van der Waals surface area contributed by atoms with E-state index in [4.69, 9.17) is 4.99 Å². The van der Waals surface area contributed by atoms with Crippen LogP contribution in [0, 0.1) is 12.8 Å². The molecule has 0 aromatic heterocycles. The summed E-state index contributed by atoms with van der Waals surface area (Å²) < 4.78 is 0. The van der Waals surface area contributed by atoms with Crippen LogP contribution in [0.3, 0.4) is 0 Å². The number of thioether (sulfide) groups is 2. The molecule has 1 aliphatic carbocycles. The van der Waals surface area contributed by atoms with Gasteiger partial charge in [0.05, 0.1) is 10.7 Å². The van der Waals surface area contributed by atoms with E-state index < -0.39 is 0 Å². The molecule has 2 aromatic rings. The van der Waals surface area contributed by atoms with E-state index in [1.165, 1.54) is 48.3 Å². The molecule has 0 heterocycles. The van der Waals surface area contributed by atoms with Crippen molar-refractivity contribution in [1.82, 2.24) is 0 Å². The van der Waals surface area contributed by atoms with Crippen molar-refractivity contribution >= 4 is 34.3 Å². The molecule has 1 fully saturated rings. The normalized spacial score (nSPS) is 16.3. The lowest BCUT2D eigenvalue weighted by Crippen LogP contribution is -2.09. The van der Waals surface area contributed by atoms with E-state index in [-0.39, 0.29) is 0 Å². The first kappa shape index (κ1) is 19.3. The van der Waals surface area contributed by atoms with Crippen molar-refractivity contribution in [2.45, 2.75) is 43.9 Å². The van der Waals surface area contributed by atoms with Crippen molar-refractivity contribution in [2.24, 2.45) is 10.9 Å². The minimum atomic E-state index is 0.853. The topological polar surface area (TPSA) is 12.4 Å². The molecule has 0 spiro atoms. The molecular weight excluding hydrogens is 354 g/mol. The van der Waals surface area contributed by atoms with Gasteiger partial charge < -0.3 is 0 Å². The maximum Gasteiger partial charge on any atom is 0.0972 e. The van der Waals surface area contributed by atoms with Gasteiger partial charge in [-0.3, -0.25) is 0 Å². The molecule has 2 aromatic carbocycles. The molecule has 1 aliphatic rings. The van der Waals surface area contributed by atoms with Gasteiger partial charge in [0.2, 0.25) is 0 Å². The zero-order chi connectivity index (χ0) is 18.0. The smallest absolute Gasteiger partial charge is 0.0972 e. The maximum atomic E-state index is 4.91. The number of hydrogen-bond acceptors (Lipinski definition) is 3. The van der Waals surface area contributed by atoms with Crippen molar-refractivity contribution in [3.05, 3.63) is 71.6 Å². The number of hydrogen-bond donors (Lipinski definition) is 0. The van der Waals surface area contributed by atoms with Crippen LogP contribution < -0.4 is 0 Å². The van der Waals surface area contributed by atoms with Crippen LogP contribution in [0.4, 0.5) is 5.69 Å². The first-order chi connectivity index (χ1) is 12.8. The van der Waals surface area contributed by atoms with Gasteiger partial charge in [-0.2, -0.15) is 0 Å². The Morgan fingerprint density at radius 3 is 2.62 bits per heavy atom. The number of rotatable bonds is 6. The Morgan fingerprint density at radius 2 is 1.85 bits per heavy atom. The fraction of sp³-hybridized carbons (Fsp3) is 0.348. The predicted molar refractivity (Wildman–Crippen MR) is 119 cm³/mol. The second-order valence-corrected chi connectivity index (χ2v) is 8.86. The molecule has 0 aliphatic heterocycles. The van der Waals surface area contributed by atoms with E-state index in [9.17, 15) is 0 Å². The first-order valence-electron chi connectivity index (χ1n) is 9.46. The Morgan fingerprint density at radius 1 is 1.04 bits per heavy atom. The summed E-state index contributed by atoms with van der Waals surface area (Å²) in [4.78, 5) is 6.17. The molecule has 0 atom stereocenters. The molecule has 3 rings (SSSR count). The molecule has 0 bridgehead atoms. The third-order valence-corrected chi connectivity index (χ3v) is 6.57. The van der Waals surface area contributed by atoms with Crippen molar-refractivity contribution < 1.29 is 0 Å². The van der Waals surface area contributed by atoms with Gasteiger partial charge in [0.15, 0.2) is 0 Å². The van der Waals surface area contributed by atoms with Crippen molar-refractivity contribution in [2.75, 3.05) is 5.75 Å². The van der Waals surface area contributed by atoms with E-state index in [1.807, 2.05) is 11.8 Å². The lowest BCUT2D eigenvalue weighted by molar-refractivity contribution is 0.391. The summed E-state index contributed by atoms with van der Waals surface area (Å²) in [5.74, 6) is 2.04. The fourth-order valence-corrected chi connectivity index (χ4v) is 5.00. The SMILES string of the molecule is Cc1cccc(N=C(C=CSc2ccccc2)SCC2CCCCC2)c1. The van der Waals surface area contributed by atoms with Crippen LogP contribution >= 0.6 is 23.5 Å². The molecule has 0 amide bonds. The van der Waals surface area contributed by atoms with Gasteiger partial charge in [0, 0.05) is 10.6 Å². The van der Waals surface area contributed by atoms with Crippen LogP contribution in [0.2, 0.25) is 0 Å². The van der Waals surface area contributed by atoms with Crippen molar-refractivity contribution in [3.8, 4) is 0 Å². The van der Waals surface area contributed by atoms with Gasteiger partial charge in [-0.1, -0.05) is 61.4 Å². The van der Waals surface area contributed by atoms with Crippen LogP contribution in [0.15, 0.2) is 76.0 Å². The van der Waals surface area contributed by atoms with E-state index in [2.05, 4.69) is 73.0 Å². The molecule has 26 heavy (non-hydrogen) atoms. The molecule has 1 saturated carbocycles. The summed E-state index contributed by atoms with van der Waals surface area (Å²) in [6.07, 6.45) is 9.15. The zero-order valence-electron chi connectivity index (χ0n) is 15.4. The van der Waals surface area contributed by atoms with E-state index in [0.717, 1.165) is 16.6 Å². The number of nitrogens with zero attached hydrogens (tertiary/aromatic N) is 1. The minimum Gasteiger partial charge on any atom is -0.242 e. The standard InChI is InChI=1S/C23H27NS2/c1-19-9-8-12-21(17-19)24-23(26-18-20-10-4-2-5-11-20)15-16-25-22-13-6-3-7-14-22/h3,6-9,12-17,20H,2,4-5,10-11,18H2,1H3. The number of aryl methyl sites for hydroxylation is 1. The number of aliphatic imine (C=N–C) groups is 1. The molecule has 1 nitrogen and oxygen atoms in total. The average molecular weight is 382 g/mol. The van der Waals surface area contributed by atoms with Gasteiger partial charge in [-0.25, -0.2) is 4.99 Å². The van der Waals surface area contributed by atoms with Crippen LogP contribution in [-0.4, -0.2) is 10.8 Å². The van der Waals surface area contributed by atoms with Crippen LogP contribution in [0.5, 0.6) is 0 Å². The third kappa shape index (κ3) is 6.69. The van der Waals surface area contributed by atoms with Gasteiger partial charge in [0.1, 0.15) is 0 Å². The van der Waals surface area contributed by atoms with Crippen LogP contribution in [-0.2, 0) is 0 Å². The molecule has 0 N–H and O–H groups in total. The molecule has 3 heteroatoms. The molecule has 0 unspecified atom stereocenters. The van der Waals surface area contributed by atoms with Gasteiger partial charge in [0.25, 0.3) is 0 Å². The Bertz CT molecular complexity index is 731. The molecule has 0 radical (unpaired) electrons. The Labute approximate surface area is 166 Å². The summed E-state index contributed by atoms with van der Waals surface area (Å²) in [7, 11) is 0. The van der Waals surface area contributed by atoms with Gasteiger partial charge in [-0.05, 0) is 67.0 Å². The fourth-order valence-electron chi connectivity index (χ4n) is 3.17. The van der Waals surface area contributed by atoms with Crippen molar-refractivity contribution in [1.29, 1.82) is 0 Å². The lowest BCUT2D eigenvalue weighted by Gasteiger charge is -2.20. The summed E-state index contributed by atoms with van der Waals surface area (Å²) in [6, 6.07) is 18.9. The Balaban J connectivity index is 1.67. The summed E-state index contributed by atoms with van der Waals surface area (Å²) in [6.45, 7) is 2.12. The van der Waals surface area contributed by atoms with E-state index in [0.29, 0.717) is 0 Å². The van der Waals surface area contributed by atoms with E-state index >= 15 is 0 Å². The summed E-state index contributed by atoms with van der Waals surface area (Å²) in [5, 5.41) is 3.28. The maximum absolute atomic E-state index is 4.91. The second-order valence-electron chi connectivity index (χ2n) is 6.84. The minimum absolute atomic E-state index is 0.853. The highest BCUT2D eigenvalue weighted by molar-refractivity contribution is 8.14. The quantitative estimate of drug-likeness (QED) is 0.289. The monoisotopic (exact) mass is 381 g/mol. The molecular formula is C23H27NS2. The predicted octanol–water partition coefficient (Wildman–Crippen LogP) is 7.64. The zero-order valence-corrected chi connectivity index (χ0v) is 17.1. The highest BCUT2D eigenvalue weighted by Gasteiger charge is 2.14. The van der Waals surface area contributed by atoms with E-state index in [1.54, 1.807) is 11.8 Å². The largest absolute Gasteiger partial charge is 0.242 e. The average Bonchev–Trinajstić information content (AvgIpc) is 2.68. The molecule has 136 valence electrons. The second kappa shape index (κ2) is 10.6. The Kier molecular flexibility index (Phi) is 7.90. The summed E-state index contributed by atoms with van der Waals surface area (Å²) >= 11 is 3.66. The van der Waals surface area contributed by atoms with Crippen molar-refractivity contribution in [3.63, 3.8) is 0 Å². The highest BCUT2D eigenvalue weighted by Crippen LogP contribution is 2.29. The first-order valence-corrected chi connectivity index (χ1v) is 11.3. The van der Waals surface area contributed by atoms with Gasteiger partial charge in [-0.15, -0.1) is 11.8 Å². The molecule has 0 saturated heterocycles. The highest BCUT2D eigenvalue weighted by atomic mass is 32.2. The summed E-state index contributed by atoms with van der Waals surface area (Å²) in [5.41, 5.74) is 2.30. The van der Waals surface area contributed by atoms with Crippen LogP contribution in [0.1, 0.15) is 37.7 Å². The van der Waals surface area contributed by atoms with Crippen LogP contribution in [0.25, 0.3) is 0 Å². The third-order valence-electron chi connectivity index (χ3n) is 4.59. The van der Waals surface area contributed by atoms with Gasteiger partial charge >= 0.3 is 0 Å². The lowest BCUT2D eigenvalue weighted by atomic mass is 9.91. The Hall–Kier alpha value is -1.45.